The molecule has 1 aromatic rings. The molecular weight excluding hydrogens is 200 g/mol. The Morgan fingerprint density at radius 3 is 2.88 bits per heavy atom. The molecule has 82 valence electrons. The van der Waals surface area contributed by atoms with Gasteiger partial charge in [-0.3, -0.25) is 0 Å². The molecule has 1 aromatic carbocycles. The first-order chi connectivity index (χ1) is 7.71. The number of fused-ring (bicyclic) bond motifs is 2. The standard InChI is InChI=1S/C14H14O2/c1-10-9-14(16-13(10)15)8-4-6-11-5-2-3-7-12(11)14/h2-3,5,7H,1,4,6,8-9H2. The lowest BCUT2D eigenvalue weighted by Gasteiger charge is -2.33. The van der Waals surface area contributed by atoms with E-state index in [0.717, 1.165) is 19.3 Å². The molecule has 2 heteroatoms. The maximum atomic E-state index is 11.5. The predicted octanol–water partition coefficient (Wildman–Crippen LogP) is 2.72. The average Bonchev–Trinajstić information content (AvgIpc) is 2.56. The predicted molar refractivity (Wildman–Crippen MR) is 60.9 cm³/mol. The number of esters is 1. The lowest BCUT2D eigenvalue weighted by atomic mass is 9.77. The maximum absolute atomic E-state index is 11.5. The molecule has 1 atom stereocenters. The number of hydrogen-bond donors (Lipinski definition) is 0. The van der Waals surface area contributed by atoms with Crippen molar-refractivity contribution in [2.24, 2.45) is 0 Å². The Labute approximate surface area is 94.9 Å². The number of hydrogen-bond acceptors (Lipinski definition) is 2. The van der Waals surface area contributed by atoms with E-state index in [4.69, 9.17) is 4.74 Å². The first kappa shape index (κ1) is 9.64. The van der Waals surface area contributed by atoms with Crippen LogP contribution in [0.3, 0.4) is 0 Å². The van der Waals surface area contributed by atoms with E-state index in [2.05, 4.69) is 18.7 Å². The van der Waals surface area contributed by atoms with Gasteiger partial charge >= 0.3 is 5.97 Å². The Kier molecular flexibility index (Phi) is 1.93. The molecule has 1 saturated heterocycles. The van der Waals surface area contributed by atoms with E-state index in [1.54, 1.807) is 0 Å². The fourth-order valence-corrected chi connectivity index (χ4v) is 2.87. The molecule has 1 aliphatic heterocycles. The molecule has 0 N–H and O–H groups in total. The van der Waals surface area contributed by atoms with E-state index in [1.165, 1.54) is 11.1 Å². The second kappa shape index (κ2) is 3.21. The van der Waals surface area contributed by atoms with Gasteiger partial charge in [-0.15, -0.1) is 0 Å². The lowest BCUT2D eigenvalue weighted by Crippen LogP contribution is -2.30. The molecule has 0 aromatic heterocycles. The number of carbonyl (C=O) groups excluding carboxylic acids is 1. The van der Waals surface area contributed by atoms with Crippen LogP contribution in [-0.4, -0.2) is 5.97 Å². The molecule has 2 nitrogen and oxygen atoms in total. The summed E-state index contributed by atoms with van der Waals surface area (Å²) in [5.41, 5.74) is 2.71. The van der Waals surface area contributed by atoms with Crippen LogP contribution in [0.25, 0.3) is 0 Å². The SMILES string of the molecule is C=C1CC2(CCCc3ccccc32)OC1=O. The Morgan fingerprint density at radius 2 is 2.12 bits per heavy atom. The summed E-state index contributed by atoms with van der Waals surface area (Å²) < 4.78 is 5.59. The molecule has 0 amide bonds. The highest BCUT2D eigenvalue weighted by molar-refractivity contribution is 5.90. The van der Waals surface area contributed by atoms with Crippen LogP contribution in [0.5, 0.6) is 0 Å². The number of rotatable bonds is 0. The average molecular weight is 214 g/mol. The van der Waals surface area contributed by atoms with Crippen LogP contribution in [0.15, 0.2) is 36.4 Å². The molecular formula is C14H14O2. The molecule has 1 fully saturated rings. The van der Waals surface area contributed by atoms with Gasteiger partial charge in [0.05, 0.1) is 0 Å². The lowest BCUT2D eigenvalue weighted by molar-refractivity contribution is -0.148. The van der Waals surface area contributed by atoms with E-state index in [9.17, 15) is 4.79 Å². The minimum Gasteiger partial charge on any atom is -0.450 e. The third-order valence-corrected chi connectivity index (χ3v) is 3.61. The third kappa shape index (κ3) is 1.22. The van der Waals surface area contributed by atoms with Gasteiger partial charge in [-0.05, 0) is 30.4 Å². The van der Waals surface area contributed by atoms with E-state index < -0.39 is 5.60 Å². The van der Waals surface area contributed by atoms with Crippen LogP contribution >= 0.6 is 0 Å². The van der Waals surface area contributed by atoms with Crippen LogP contribution < -0.4 is 0 Å². The number of carbonyl (C=O) groups is 1. The number of benzene rings is 1. The highest BCUT2D eigenvalue weighted by Crippen LogP contribution is 2.46. The Balaban J connectivity index is 2.11. The minimum absolute atomic E-state index is 0.225. The van der Waals surface area contributed by atoms with Crippen LogP contribution in [0.1, 0.15) is 30.4 Å². The number of ether oxygens (including phenoxy) is 1. The van der Waals surface area contributed by atoms with Crippen molar-refractivity contribution in [2.75, 3.05) is 0 Å². The largest absolute Gasteiger partial charge is 0.450 e. The van der Waals surface area contributed by atoms with Crippen LogP contribution in [0, 0.1) is 0 Å². The summed E-state index contributed by atoms with van der Waals surface area (Å²) in [7, 11) is 0. The fraction of sp³-hybridized carbons (Fsp3) is 0.357. The molecule has 0 bridgehead atoms. The first-order valence-electron chi connectivity index (χ1n) is 5.71. The van der Waals surface area contributed by atoms with E-state index in [0.29, 0.717) is 12.0 Å². The summed E-state index contributed by atoms with van der Waals surface area (Å²) in [5, 5.41) is 0. The van der Waals surface area contributed by atoms with Crippen molar-refractivity contribution in [3.8, 4) is 0 Å². The Morgan fingerprint density at radius 1 is 1.31 bits per heavy atom. The molecule has 1 heterocycles. The van der Waals surface area contributed by atoms with Gasteiger partial charge < -0.3 is 4.74 Å². The second-order valence-electron chi connectivity index (χ2n) is 4.67. The zero-order valence-electron chi connectivity index (χ0n) is 9.16. The molecule has 16 heavy (non-hydrogen) atoms. The number of aryl methyl sites for hydroxylation is 1. The molecule has 3 rings (SSSR count). The molecule has 0 radical (unpaired) electrons. The van der Waals surface area contributed by atoms with Crippen LogP contribution in [0.2, 0.25) is 0 Å². The molecule has 1 spiro atoms. The van der Waals surface area contributed by atoms with Gasteiger partial charge in [0.25, 0.3) is 0 Å². The van der Waals surface area contributed by atoms with Crippen molar-refractivity contribution in [1.29, 1.82) is 0 Å². The quantitative estimate of drug-likeness (QED) is 0.490. The van der Waals surface area contributed by atoms with Crippen molar-refractivity contribution in [2.45, 2.75) is 31.3 Å². The zero-order chi connectivity index (χ0) is 11.2. The van der Waals surface area contributed by atoms with Crippen LogP contribution in [-0.2, 0) is 21.6 Å². The van der Waals surface area contributed by atoms with Gasteiger partial charge in [-0.2, -0.15) is 0 Å². The van der Waals surface area contributed by atoms with Gasteiger partial charge in [-0.1, -0.05) is 30.8 Å². The normalized spacial score (nSPS) is 28.0. The highest BCUT2D eigenvalue weighted by Gasteiger charge is 2.46. The van der Waals surface area contributed by atoms with Crippen LogP contribution in [0.4, 0.5) is 0 Å². The van der Waals surface area contributed by atoms with E-state index in [-0.39, 0.29) is 5.97 Å². The van der Waals surface area contributed by atoms with Crippen molar-refractivity contribution >= 4 is 5.97 Å². The van der Waals surface area contributed by atoms with Gasteiger partial charge in [0.15, 0.2) is 0 Å². The summed E-state index contributed by atoms with van der Waals surface area (Å²) in [6.45, 7) is 3.78. The Bertz CT molecular complexity index is 457. The van der Waals surface area contributed by atoms with Crippen molar-refractivity contribution in [3.05, 3.63) is 47.5 Å². The van der Waals surface area contributed by atoms with E-state index in [1.807, 2.05) is 12.1 Å². The van der Waals surface area contributed by atoms with E-state index >= 15 is 0 Å². The third-order valence-electron chi connectivity index (χ3n) is 3.61. The van der Waals surface area contributed by atoms with Crippen molar-refractivity contribution in [1.82, 2.24) is 0 Å². The molecule has 0 saturated carbocycles. The van der Waals surface area contributed by atoms with Crippen molar-refractivity contribution < 1.29 is 9.53 Å². The minimum atomic E-state index is -0.400. The summed E-state index contributed by atoms with van der Waals surface area (Å²) in [6, 6.07) is 8.27. The maximum Gasteiger partial charge on any atom is 0.334 e. The van der Waals surface area contributed by atoms with Gasteiger partial charge in [0.2, 0.25) is 0 Å². The van der Waals surface area contributed by atoms with Gasteiger partial charge in [-0.25, -0.2) is 4.79 Å². The monoisotopic (exact) mass is 214 g/mol. The zero-order valence-corrected chi connectivity index (χ0v) is 9.16. The fourth-order valence-electron chi connectivity index (χ4n) is 2.87. The summed E-state index contributed by atoms with van der Waals surface area (Å²) in [4.78, 5) is 11.5. The van der Waals surface area contributed by atoms with Crippen molar-refractivity contribution in [3.63, 3.8) is 0 Å². The Hall–Kier alpha value is -1.57. The molecule has 1 aliphatic carbocycles. The second-order valence-corrected chi connectivity index (χ2v) is 4.67. The molecule has 2 aliphatic rings. The smallest absolute Gasteiger partial charge is 0.334 e. The first-order valence-corrected chi connectivity index (χ1v) is 5.71. The molecule has 1 unspecified atom stereocenters. The van der Waals surface area contributed by atoms with Gasteiger partial charge in [0.1, 0.15) is 5.60 Å². The summed E-state index contributed by atoms with van der Waals surface area (Å²) in [5.74, 6) is -0.225. The highest BCUT2D eigenvalue weighted by atomic mass is 16.6. The summed E-state index contributed by atoms with van der Waals surface area (Å²) >= 11 is 0. The van der Waals surface area contributed by atoms with Gasteiger partial charge in [0, 0.05) is 12.0 Å². The topological polar surface area (TPSA) is 26.3 Å². The summed E-state index contributed by atoms with van der Waals surface area (Å²) in [6.07, 6.45) is 3.75.